The van der Waals surface area contributed by atoms with Gasteiger partial charge >= 0.3 is 5.97 Å². The summed E-state index contributed by atoms with van der Waals surface area (Å²) >= 11 is 3.19. The van der Waals surface area contributed by atoms with Crippen LogP contribution in [-0.2, 0) is 4.79 Å². The number of hydrogen-bond donors (Lipinski definition) is 2. The molecule has 1 unspecified atom stereocenters. The van der Waals surface area contributed by atoms with E-state index in [9.17, 15) is 4.79 Å². The lowest BCUT2D eigenvalue weighted by molar-refractivity contribution is -0.132. The van der Waals surface area contributed by atoms with Gasteiger partial charge in [-0.05, 0) is 0 Å². The molecule has 3 nitrogen and oxygen atoms in total. The van der Waals surface area contributed by atoms with Crippen LogP contribution in [-0.4, -0.2) is 15.5 Å². The molecule has 0 aromatic rings. The number of nitrogens with two attached hydrogens (primary N) is 1. The molecule has 3 N–H and O–H groups in total. The predicted octanol–water partition coefficient (Wildman–Crippen LogP) is 1.01. The molecule has 60 valence electrons. The predicted molar refractivity (Wildman–Crippen MR) is 45.3 cm³/mol. The minimum Gasteiger partial charge on any atom is -0.478 e. The zero-order valence-electron chi connectivity index (χ0n) is 5.75. The van der Waals surface area contributed by atoms with Gasteiger partial charge in [0.2, 0.25) is 0 Å². The Morgan fingerprint density at radius 1 is 1.82 bits per heavy atom. The fourth-order valence-corrected chi connectivity index (χ4v) is 1.34. The molecule has 0 saturated carbocycles. The number of carbonyl (C=O) groups is 1. The molecule has 0 heterocycles. The van der Waals surface area contributed by atoms with Crippen molar-refractivity contribution in [3.8, 4) is 0 Å². The van der Waals surface area contributed by atoms with Gasteiger partial charge in [0.1, 0.15) is 0 Å². The molecular weight excluding hydrogens is 210 g/mol. The Morgan fingerprint density at radius 2 is 2.45 bits per heavy atom. The third-order valence-corrected chi connectivity index (χ3v) is 1.95. The second-order valence-electron chi connectivity index (χ2n) is 2.46. The Morgan fingerprint density at radius 3 is 2.82 bits per heavy atom. The molecule has 11 heavy (non-hydrogen) atoms. The van der Waals surface area contributed by atoms with Gasteiger partial charge in [-0.3, -0.25) is 0 Å². The number of rotatable bonds is 1. The van der Waals surface area contributed by atoms with Crippen LogP contribution in [0.15, 0.2) is 23.8 Å². The first-order valence-electron chi connectivity index (χ1n) is 3.11. The second kappa shape index (κ2) is 2.79. The van der Waals surface area contributed by atoms with E-state index in [1.165, 1.54) is 0 Å². The van der Waals surface area contributed by atoms with Crippen molar-refractivity contribution in [2.45, 2.75) is 10.9 Å². The summed E-state index contributed by atoms with van der Waals surface area (Å²) in [5, 5.41) is 8.59. The second-order valence-corrected chi connectivity index (χ2v) is 3.94. The molecule has 0 aliphatic heterocycles. The number of carboxylic acid groups (broad SMARTS) is 1. The number of hydrogen-bond acceptors (Lipinski definition) is 2. The largest absolute Gasteiger partial charge is 0.478 e. The summed E-state index contributed by atoms with van der Waals surface area (Å²) < 4.78 is -0.685. The molecule has 1 aliphatic carbocycles. The van der Waals surface area contributed by atoms with E-state index in [-0.39, 0.29) is 0 Å². The quantitative estimate of drug-likeness (QED) is 0.509. The van der Waals surface area contributed by atoms with E-state index in [0.717, 1.165) is 0 Å². The molecule has 0 saturated heterocycles. The minimum atomic E-state index is -0.913. The van der Waals surface area contributed by atoms with Gasteiger partial charge in [-0.25, -0.2) is 4.79 Å². The lowest BCUT2D eigenvalue weighted by Crippen LogP contribution is -2.32. The van der Waals surface area contributed by atoms with Crippen LogP contribution in [0.1, 0.15) is 6.42 Å². The Hall–Kier alpha value is -0.610. The molecule has 0 fully saturated rings. The Balaban J connectivity index is 2.81. The molecule has 0 amide bonds. The number of halogens is 1. The molecule has 1 aliphatic rings. The maximum atomic E-state index is 10.5. The van der Waals surface area contributed by atoms with E-state index in [1.54, 1.807) is 18.2 Å². The maximum absolute atomic E-state index is 10.5. The Bertz CT molecular complexity index is 243. The maximum Gasteiger partial charge on any atom is 0.331 e. The normalized spacial score (nSPS) is 29.8. The summed E-state index contributed by atoms with van der Waals surface area (Å²) in [5.74, 6) is -0.913. The van der Waals surface area contributed by atoms with Gasteiger partial charge in [-0.15, -0.1) is 0 Å². The highest BCUT2D eigenvalue weighted by Gasteiger charge is 2.24. The Kier molecular flexibility index (Phi) is 2.15. The highest BCUT2D eigenvalue weighted by atomic mass is 79.9. The number of alkyl halides is 1. The van der Waals surface area contributed by atoms with Gasteiger partial charge in [0.15, 0.2) is 0 Å². The topological polar surface area (TPSA) is 63.3 Å². The summed E-state index contributed by atoms with van der Waals surface area (Å²) in [6.45, 7) is 0. The minimum absolute atomic E-state index is 0.318. The lowest BCUT2D eigenvalue weighted by Gasteiger charge is -2.20. The van der Waals surface area contributed by atoms with Crippen molar-refractivity contribution < 1.29 is 9.90 Å². The first kappa shape index (κ1) is 8.49. The lowest BCUT2D eigenvalue weighted by atomic mass is 10.0. The van der Waals surface area contributed by atoms with Crippen LogP contribution >= 0.6 is 15.9 Å². The van der Waals surface area contributed by atoms with Crippen molar-refractivity contribution in [1.29, 1.82) is 0 Å². The smallest absolute Gasteiger partial charge is 0.331 e. The molecule has 1 rings (SSSR count). The number of aliphatic carboxylic acids is 1. The highest BCUT2D eigenvalue weighted by molar-refractivity contribution is 9.10. The van der Waals surface area contributed by atoms with Crippen molar-refractivity contribution in [3.05, 3.63) is 23.8 Å². The van der Waals surface area contributed by atoms with E-state index in [4.69, 9.17) is 10.8 Å². The van der Waals surface area contributed by atoms with E-state index >= 15 is 0 Å². The van der Waals surface area contributed by atoms with Crippen LogP contribution < -0.4 is 5.73 Å². The molecular formula is C7H8BrNO2. The number of carboxylic acids is 1. The van der Waals surface area contributed by atoms with Gasteiger partial charge in [0.05, 0.1) is 4.45 Å². The molecule has 1 atom stereocenters. The van der Waals surface area contributed by atoms with Crippen molar-refractivity contribution in [2.24, 2.45) is 5.73 Å². The van der Waals surface area contributed by atoms with Crippen LogP contribution in [0.5, 0.6) is 0 Å². The molecule has 0 radical (unpaired) electrons. The number of allylic oxidation sites excluding steroid dienone is 2. The average Bonchev–Trinajstić information content (AvgIpc) is 1.85. The molecule has 0 bridgehead atoms. The monoisotopic (exact) mass is 217 g/mol. The van der Waals surface area contributed by atoms with Crippen LogP contribution in [0.25, 0.3) is 0 Å². The first-order valence-corrected chi connectivity index (χ1v) is 3.90. The standard InChI is InChI=1S/C7H8BrNO2/c8-7(9)3-1-2-5(4-7)6(10)11/h1-3H,4,9H2,(H,10,11). The third-order valence-electron chi connectivity index (χ3n) is 1.41. The van der Waals surface area contributed by atoms with E-state index < -0.39 is 10.4 Å². The fraction of sp³-hybridized carbons (Fsp3) is 0.286. The van der Waals surface area contributed by atoms with E-state index in [0.29, 0.717) is 12.0 Å². The summed E-state index contributed by atoms with van der Waals surface area (Å²) in [5.41, 5.74) is 5.96. The van der Waals surface area contributed by atoms with Gasteiger partial charge in [-0.1, -0.05) is 34.2 Å². The van der Waals surface area contributed by atoms with E-state index in [2.05, 4.69) is 15.9 Å². The SMILES string of the molecule is NC1(Br)C=CC=C(C(=O)O)C1. The summed E-state index contributed by atoms with van der Waals surface area (Å²) in [6.07, 6.45) is 5.23. The van der Waals surface area contributed by atoms with Crippen LogP contribution in [0.3, 0.4) is 0 Å². The average molecular weight is 218 g/mol. The molecule has 0 spiro atoms. The van der Waals surface area contributed by atoms with E-state index in [1.807, 2.05) is 0 Å². The molecule has 0 aromatic carbocycles. The first-order chi connectivity index (χ1) is 5.01. The van der Waals surface area contributed by atoms with Crippen LogP contribution in [0.2, 0.25) is 0 Å². The van der Waals surface area contributed by atoms with Crippen LogP contribution in [0, 0.1) is 0 Å². The fourth-order valence-electron chi connectivity index (χ4n) is 0.881. The summed E-state index contributed by atoms with van der Waals surface area (Å²) in [4.78, 5) is 10.5. The zero-order valence-corrected chi connectivity index (χ0v) is 7.34. The summed E-state index contributed by atoms with van der Waals surface area (Å²) in [6, 6.07) is 0. The van der Waals surface area contributed by atoms with Crippen molar-refractivity contribution in [3.63, 3.8) is 0 Å². The van der Waals surface area contributed by atoms with Gasteiger partial charge in [0.25, 0.3) is 0 Å². The van der Waals surface area contributed by atoms with Crippen molar-refractivity contribution >= 4 is 21.9 Å². The van der Waals surface area contributed by atoms with Gasteiger partial charge in [0, 0.05) is 12.0 Å². The van der Waals surface area contributed by atoms with Gasteiger partial charge in [-0.2, -0.15) is 0 Å². The van der Waals surface area contributed by atoms with Crippen molar-refractivity contribution in [2.75, 3.05) is 0 Å². The molecule has 4 heteroatoms. The van der Waals surface area contributed by atoms with Crippen molar-refractivity contribution in [1.82, 2.24) is 0 Å². The Labute approximate surface area is 72.7 Å². The summed E-state index contributed by atoms with van der Waals surface area (Å²) in [7, 11) is 0. The highest BCUT2D eigenvalue weighted by Crippen LogP contribution is 2.25. The molecule has 0 aromatic heterocycles. The third kappa shape index (κ3) is 2.17. The van der Waals surface area contributed by atoms with Crippen LogP contribution in [0.4, 0.5) is 0 Å². The zero-order chi connectivity index (χ0) is 8.48. The van der Waals surface area contributed by atoms with Gasteiger partial charge < -0.3 is 10.8 Å².